The van der Waals surface area contributed by atoms with Gasteiger partial charge in [-0.05, 0) is 53.9 Å². The van der Waals surface area contributed by atoms with Crippen LogP contribution in [0.3, 0.4) is 0 Å². The van der Waals surface area contributed by atoms with Gasteiger partial charge in [-0.2, -0.15) is 0 Å². The maximum absolute atomic E-state index is 10.8. The summed E-state index contributed by atoms with van der Waals surface area (Å²) in [4.78, 5) is 10.8. The topological polar surface area (TPSA) is 37.3 Å². The van der Waals surface area contributed by atoms with Gasteiger partial charge < -0.3 is 5.11 Å². The molecule has 0 heterocycles. The minimum Gasteiger partial charge on any atom is -0.481 e. The fourth-order valence-electron chi connectivity index (χ4n) is 3.54. The van der Waals surface area contributed by atoms with Gasteiger partial charge in [0.2, 0.25) is 0 Å². The number of hydrogen-bond donors (Lipinski definition) is 1. The zero-order chi connectivity index (χ0) is 18.9. The molecule has 27 heavy (non-hydrogen) atoms. The molecule has 3 aromatic rings. The Balaban J connectivity index is 1.63. The van der Waals surface area contributed by atoms with Crippen molar-refractivity contribution in [1.29, 1.82) is 0 Å². The lowest BCUT2D eigenvalue weighted by atomic mass is 9.88. The van der Waals surface area contributed by atoms with Crippen LogP contribution in [0.1, 0.15) is 42.7 Å². The molecule has 0 saturated heterocycles. The molecular weight excluding hydrogens is 332 g/mol. The molecule has 1 atom stereocenters. The van der Waals surface area contributed by atoms with Crippen LogP contribution in [-0.2, 0) is 11.2 Å². The standard InChI is InChI=1S/C25H26O2/c26-25(27)13-7-12-23(21-8-3-1-4-9-21)17-14-20-15-18-24(19-16-20)22-10-5-2-6-11-22/h1-6,8-11,15-16,18-19,23H,7,12-14,17H2,(H,26,27). The van der Waals surface area contributed by atoms with Crippen molar-refractivity contribution in [1.82, 2.24) is 0 Å². The summed E-state index contributed by atoms with van der Waals surface area (Å²) in [6.45, 7) is 0. The van der Waals surface area contributed by atoms with Gasteiger partial charge in [0.05, 0.1) is 0 Å². The van der Waals surface area contributed by atoms with Gasteiger partial charge in [0, 0.05) is 6.42 Å². The summed E-state index contributed by atoms with van der Waals surface area (Å²) in [6, 6.07) is 29.7. The molecule has 0 fully saturated rings. The Bertz CT molecular complexity index is 823. The molecule has 1 unspecified atom stereocenters. The Morgan fingerprint density at radius 1 is 0.741 bits per heavy atom. The molecule has 0 bridgehead atoms. The van der Waals surface area contributed by atoms with Crippen molar-refractivity contribution in [2.45, 2.75) is 38.0 Å². The fourth-order valence-corrected chi connectivity index (χ4v) is 3.54. The van der Waals surface area contributed by atoms with E-state index in [1.54, 1.807) is 0 Å². The summed E-state index contributed by atoms with van der Waals surface area (Å²) in [5, 5.41) is 8.92. The van der Waals surface area contributed by atoms with Crippen molar-refractivity contribution >= 4 is 5.97 Å². The van der Waals surface area contributed by atoms with Crippen LogP contribution in [-0.4, -0.2) is 11.1 Å². The Morgan fingerprint density at radius 2 is 1.33 bits per heavy atom. The first-order chi connectivity index (χ1) is 13.2. The third kappa shape index (κ3) is 5.82. The number of carbonyl (C=O) groups is 1. The second kappa shape index (κ2) is 9.72. The quantitative estimate of drug-likeness (QED) is 0.485. The molecule has 0 aliphatic carbocycles. The molecule has 0 aliphatic rings. The predicted molar refractivity (Wildman–Crippen MR) is 111 cm³/mol. The third-order valence-electron chi connectivity index (χ3n) is 5.06. The van der Waals surface area contributed by atoms with Crippen LogP contribution >= 0.6 is 0 Å². The van der Waals surface area contributed by atoms with Gasteiger partial charge in [-0.3, -0.25) is 4.79 Å². The summed E-state index contributed by atoms with van der Waals surface area (Å²) in [6.07, 6.45) is 3.92. The molecule has 3 rings (SSSR count). The largest absolute Gasteiger partial charge is 0.481 e. The lowest BCUT2D eigenvalue weighted by molar-refractivity contribution is -0.137. The molecule has 0 radical (unpaired) electrons. The first-order valence-corrected chi connectivity index (χ1v) is 9.63. The van der Waals surface area contributed by atoms with Crippen LogP contribution < -0.4 is 0 Å². The van der Waals surface area contributed by atoms with Gasteiger partial charge in [0.1, 0.15) is 0 Å². The number of carboxylic acid groups (broad SMARTS) is 1. The third-order valence-corrected chi connectivity index (χ3v) is 5.06. The maximum Gasteiger partial charge on any atom is 0.303 e. The normalized spacial score (nSPS) is 11.9. The molecule has 138 valence electrons. The maximum atomic E-state index is 10.8. The van der Waals surface area contributed by atoms with Crippen LogP contribution in [0.4, 0.5) is 0 Å². The minimum atomic E-state index is -0.710. The number of hydrogen-bond acceptors (Lipinski definition) is 1. The molecule has 2 nitrogen and oxygen atoms in total. The highest BCUT2D eigenvalue weighted by Crippen LogP contribution is 2.28. The molecule has 0 aromatic heterocycles. The van der Waals surface area contributed by atoms with Gasteiger partial charge >= 0.3 is 5.97 Å². The van der Waals surface area contributed by atoms with Gasteiger partial charge in [-0.25, -0.2) is 0 Å². The summed E-state index contributed by atoms with van der Waals surface area (Å²) in [5.41, 5.74) is 5.11. The second-order valence-electron chi connectivity index (χ2n) is 7.00. The SMILES string of the molecule is O=C(O)CCCC(CCc1ccc(-c2ccccc2)cc1)c1ccccc1. The van der Waals surface area contributed by atoms with E-state index in [9.17, 15) is 4.79 Å². The second-order valence-corrected chi connectivity index (χ2v) is 7.00. The number of aliphatic carboxylic acids is 1. The highest BCUT2D eigenvalue weighted by molar-refractivity contribution is 5.66. The van der Waals surface area contributed by atoms with Crippen molar-refractivity contribution in [2.24, 2.45) is 0 Å². The summed E-state index contributed by atoms with van der Waals surface area (Å²) >= 11 is 0. The van der Waals surface area contributed by atoms with E-state index in [1.807, 2.05) is 12.1 Å². The Labute approximate surface area is 161 Å². The first-order valence-electron chi connectivity index (χ1n) is 9.63. The van der Waals surface area contributed by atoms with E-state index in [-0.39, 0.29) is 6.42 Å². The zero-order valence-corrected chi connectivity index (χ0v) is 15.6. The summed E-state index contributed by atoms with van der Waals surface area (Å²) in [7, 11) is 0. The van der Waals surface area contributed by atoms with E-state index in [2.05, 4.69) is 72.8 Å². The molecule has 3 aromatic carbocycles. The monoisotopic (exact) mass is 358 g/mol. The van der Waals surface area contributed by atoms with E-state index in [0.717, 1.165) is 25.7 Å². The number of carboxylic acids is 1. The Morgan fingerprint density at radius 3 is 1.96 bits per heavy atom. The number of rotatable bonds is 9. The molecule has 0 saturated carbocycles. The molecule has 0 aliphatic heterocycles. The van der Waals surface area contributed by atoms with Crippen molar-refractivity contribution in [3.05, 3.63) is 96.1 Å². The highest BCUT2D eigenvalue weighted by atomic mass is 16.4. The van der Waals surface area contributed by atoms with Crippen LogP contribution in [0, 0.1) is 0 Å². The first kappa shape index (κ1) is 18.9. The summed E-state index contributed by atoms with van der Waals surface area (Å²) in [5.74, 6) is -0.308. The van der Waals surface area contributed by atoms with Crippen molar-refractivity contribution < 1.29 is 9.90 Å². The predicted octanol–water partition coefficient (Wildman–Crippen LogP) is 6.32. The highest BCUT2D eigenvalue weighted by Gasteiger charge is 2.12. The fraction of sp³-hybridized carbons (Fsp3) is 0.240. The lowest BCUT2D eigenvalue weighted by Crippen LogP contribution is -2.03. The van der Waals surface area contributed by atoms with Crippen molar-refractivity contribution in [3.63, 3.8) is 0 Å². The molecular formula is C25H26O2. The Hall–Kier alpha value is -2.87. The lowest BCUT2D eigenvalue weighted by Gasteiger charge is -2.17. The van der Waals surface area contributed by atoms with Crippen LogP contribution in [0.5, 0.6) is 0 Å². The van der Waals surface area contributed by atoms with Gasteiger partial charge in [0.25, 0.3) is 0 Å². The van der Waals surface area contributed by atoms with E-state index in [0.29, 0.717) is 5.92 Å². The summed E-state index contributed by atoms with van der Waals surface area (Å²) < 4.78 is 0. The smallest absolute Gasteiger partial charge is 0.303 e. The Kier molecular flexibility index (Phi) is 6.81. The number of benzene rings is 3. The van der Waals surface area contributed by atoms with Crippen LogP contribution in [0.25, 0.3) is 11.1 Å². The van der Waals surface area contributed by atoms with E-state index in [4.69, 9.17) is 5.11 Å². The van der Waals surface area contributed by atoms with E-state index in [1.165, 1.54) is 22.3 Å². The van der Waals surface area contributed by atoms with Crippen LogP contribution in [0.15, 0.2) is 84.9 Å². The molecule has 0 spiro atoms. The van der Waals surface area contributed by atoms with Crippen molar-refractivity contribution in [2.75, 3.05) is 0 Å². The van der Waals surface area contributed by atoms with Crippen molar-refractivity contribution in [3.8, 4) is 11.1 Å². The average molecular weight is 358 g/mol. The zero-order valence-electron chi connectivity index (χ0n) is 15.6. The van der Waals surface area contributed by atoms with Crippen LogP contribution in [0.2, 0.25) is 0 Å². The minimum absolute atomic E-state index is 0.245. The molecule has 1 N–H and O–H groups in total. The van der Waals surface area contributed by atoms with E-state index >= 15 is 0 Å². The van der Waals surface area contributed by atoms with Gasteiger partial charge in [-0.15, -0.1) is 0 Å². The van der Waals surface area contributed by atoms with E-state index < -0.39 is 5.97 Å². The van der Waals surface area contributed by atoms with Gasteiger partial charge in [0.15, 0.2) is 0 Å². The molecule has 2 heteroatoms. The average Bonchev–Trinajstić information content (AvgIpc) is 2.72. The van der Waals surface area contributed by atoms with Gasteiger partial charge in [-0.1, -0.05) is 84.9 Å². The number of aryl methyl sites for hydroxylation is 1. The molecule has 0 amide bonds.